The molecule has 4 heteroatoms. The number of nitrogens with two attached hydrogens (primary N) is 1. The van der Waals surface area contributed by atoms with Crippen LogP contribution < -0.4 is 15.8 Å². The van der Waals surface area contributed by atoms with Crippen molar-refractivity contribution in [1.82, 2.24) is 0 Å². The lowest BCUT2D eigenvalue weighted by Crippen LogP contribution is -2.37. The smallest absolute Gasteiger partial charge is 0.241 e. The zero-order chi connectivity index (χ0) is 15.9. The second-order valence-electron chi connectivity index (χ2n) is 6.25. The van der Waals surface area contributed by atoms with Gasteiger partial charge in [0.05, 0.1) is 12.6 Å². The SMILES string of the molecule is CCOc1ccc(NC(=O)C(N)CC2CCCCC2)c(C)c1. The molecule has 122 valence electrons. The van der Waals surface area contributed by atoms with E-state index in [4.69, 9.17) is 10.5 Å². The Balaban J connectivity index is 1.90. The molecule has 1 aliphatic rings. The summed E-state index contributed by atoms with van der Waals surface area (Å²) in [4.78, 5) is 12.3. The lowest BCUT2D eigenvalue weighted by atomic mass is 9.85. The van der Waals surface area contributed by atoms with Gasteiger partial charge in [-0.1, -0.05) is 32.1 Å². The Morgan fingerprint density at radius 2 is 2.09 bits per heavy atom. The van der Waals surface area contributed by atoms with Gasteiger partial charge in [-0.3, -0.25) is 4.79 Å². The van der Waals surface area contributed by atoms with Gasteiger partial charge in [-0.2, -0.15) is 0 Å². The molecule has 1 aromatic rings. The van der Waals surface area contributed by atoms with Crippen LogP contribution in [0, 0.1) is 12.8 Å². The highest BCUT2D eigenvalue weighted by molar-refractivity contribution is 5.95. The van der Waals surface area contributed by atoms with Gasteiger partial charge in [0.25, 0.3) is 0 Å². The normalized spacial score (nSPS) is 17.0. The van der Waals surface area contributed by atoms with Gasteiger partial charge in [0.2, 0.25) is 5.91 Å². The van der Waals surface area contributed by atoms with Crippen molar-refractivity contribution in [3.63, 3.8) is 0 Å². The summed E-state index contributed by atoms with van der Waals surface area (Å²) in [6.07, 6.45) is 7.09. The van der Waals surface area contributed by atoms with Crippen LogP contribution in [0.15, 0.2) is 18.2 Å². The minimum atomic E-state index is -0.422. The van der Waals surface area contributed by atoms with Gasteiger partial charge in [0.15, 0.2) is 0 Å². The van der Waals surface area contributed by atoms with Gasteiger partial charge in [0.1, 0.15) is 5.75 Å². The fourth-order valence-corrected chi connectivity index (χ4v) is 3.15. The van der Waals surface area contributed by atoms with Gasteiger partial charge in [-0.15, -0.1) is 0 Å². The van der Waals surface area contributed by atoms with Crippen molar-refractivity contribution < 1.29 is 9.53 Å². The number of nitrogens with one attached hydrogen (secondary N) is 1. The van der Waals surface area contributed by atoms with E-state index in [-0.39, 0.29) is 5.91 Å². The molecule has 3 N–H and O–H groups in total. The van der Waals surface area contributed by atoms with E-state index in [9.17, 15) is 4.79 Å². The molecule has 1 saturated carbocycles. The summed E-state index contributed by atoms with van der Waals surface area (Å²) < 4.78 is 5.46. The maximum Gasteiger partial charge on any atom is 0.241 e. The van der Waals surface area contributed by atoms with E-state index >= 15 is 0 Å². The molecule has 22 heavy (non-hydrogen) atoms. The standard InChI is InChI=1S/C18H28N2O2/c1-3-22-15-9-10-17(13(2)11-15)20-18(21)16(19)12-14-7-5-4-6-8-14/h9-11,14,16H,3-8,12,19H2,1-2H3,(H,20,21). The van der Waals surface area contributed by atoms with Gasteiger partial charge in [0, 0.05) is 5.69 Å². The highest BCUT2D eigenvalue weighted by atomic mass is 16.5. The summed E-state index contributed by atoms with van der Waals surface area (Å²) in [5.41, 5.74) is 7.89. The number of ether oxygens (including phenoxy) is 1. The van der Waals surface area contributed by atoms with E-state index in [0.29, 0.717) is 12.5 Å². The van der Waals surface area contributed by atoms with Crippen molar-refractivity contribution in [3.8, 4) is 5.75 Å². The molecule has 0 radical (unpaired) electrons. The molecule has 1 aromatic carbocycles. The third kappa shape index (κ3) is 4.73. The van der Waals surface area contributed by atoms with Crippen LogP contribution in [0.1, 0.15) is 51.0 Å². The molecule has 2 rings (SSSR count). The summed E-state index contributed by atoms with van der Waals surface area (Å²) >= 11 is 0. The van der Waals surface area contributed by atoms with Crippen LogP contribution in [-0.4, -0.2) is 18.6 Å². The second-order valence-corrected chi connectivity index (χ2v) is 6.25. The molecule has 0 bridgehead atoms. The van der Waals surface area contributed by atoms with Crippen molar-refractivity contribution in [3.05, 3.63) is 23.8 Å². The lowest BCUT2D eigenvalue weighted by molar-refractivity contribution is -0.117. The largest absolute Gasteiger partial charge is 0.494 e. The van der Waals surface area contributed by atoms with E-state index in [0.717, 1.165) is 23.4 Å². The highest BCUT2D eigenvalue weighted by Gasteiger charge is 2.21. The summed E-state index contributed by atoms with van der Waals surface area (Å²) in [6.45, 7) is 4.55. The minimum Gasteiger partial charge on any atom is -0.494 e. The summed E-state index contributed by atoms with van der Waals surface area (Å²) in [5.74, 6) is 1.35. The molecule has 1 amide bonds. The predicted octanol–water partition coefficient (Wildman–Crippen LogP) is 3.63. The molecule has 4 nitrogen and oxygen atoms in total. The van der Waals surface area contributed by atoms with Crippen molar-refractivity contribution in [2.45, 2.75) is 58.4 Å². The number of hydrogen-bond donors (Lipinski definition) is 2. The van der Waals surface area contributed by atoms with E-state index in [1.54, 1.807) is 0 Å². The Bertz CT molecular complexity index is 496. The monoisotopic (exact) mass is 304 g/mol. The zero-order valence-corrected chi connectivity index (χ0v) is 13.7. The minimum absolute atomic E-state index is 0.0853. The lowest BCUT2D eigenvalue weighted by Gasteiger charge is -2.24. The second kappa shape index (κ2) is 8.18. The maximum absolute atomic E-state index is 12.3. The third-order valence-corrected chi connectivity index (χ3v) is 4.42. The van der Waals surface area contributed by atoms with Crippen molar-refractivity contribution in [1.29, 1.82) is 0 Å². The zero-order valence-electron chi connectivity index (χ0n) is 13.7. The van der Waals surface area contributed by atoms with Gasteiger partial charge in [-0.05, 0) is 49.9 Å². The molecule has 0 spiro atoms. The molecule has 0 aliphatic heterocycles. The van der Waals surface area contributed by atoms with E-state index < -0.39 is 6.04 Å². The maximum atomic E-state index is 12.3. The Labute approximate surface area is 133 Å². The first-order chi connectivity index (χ1) is 10.6. The van der Waals surface area contributed by atoms with Crippen molar-refractivity contribution in [2.75, 3.05) is 11.9 Å². The highest BCUT2D eigenvalue weighted by Crippen LogP contribution is 2.27. The third-order valence-electron chi connectivity index (χ3n) is 4.42. The quantitative estimate of drug-likeness (QED) is 0.843. The summed E-state index contributed by atoms with van der Waals surface area (Å²) in [7, 11) is 0. The number of hydrogen-bond acceptors (Lipinski definition) is 3. The first-order valence-electron chi connectivity index (χ1n) is 8.40. The molecule has 1 fully saturated rings. The first kappa shape index (κ1) is 16.8. The fourth-order valence-electron chi connectivity index (χ4n) is 3.15. The number of rotatable bonds is 6. The number of aryl methyl sites for hydroxylation is 1. The van der Waals surface area contributed by atoms with E-state index in [2.05, 4.69) is 5.32 Å². The van der Waals surface area contributed by atoms with Crippen LogP contribution in [0.5, 0.6) is 5.75 Å². The Kier molecular flexibility index (Phi) is 6.25. The summed E-state index contributed by atoms with van der Waals surface area (Å²) in [5, 5.41) is 2.95. The Hall–Kier alpha value is -1.55. The average Bonchev–Trinajstić information content (AvgIpc) is 2.51. The van der Waals surface area contributed by atoms with Crippen LogP contribution in [0.2, 0.25) is 0 Å². The Morgan fingerprint density at radius 3 is 2.73 bits per heavy atom. The predicted molar refractivity (Wildman–Crippen MR) is 90.1 cm³/mol. The number of amides is 1. The number of carbonyl (C=O) groups excluding carboxylic acids is 1. The number of carbonyl (C=O) groups is 1. The first-order valence-corrected chi connectivity index (χ1v) is 8.40. The fraction of sp³-hybridized carbons (Fsp3) is 0.611. The molecule has 1 atom stereocenters. The molecule has 0 aromatic heterocycles. The van der Waals surface area contributed by atoms with Crippen LogP contribution in [0.3, 0.4) is 0 Å². The van der Waals surface area contributed by atoms with E-state index in [1.165, 1.54) is 32.1 Å². The molecular formula is C18H28N2O2. The van der Waals surface area contributed by atoms with Crippen LogP contribution in [0.4, 0.5) is 5.69 Å². The molecule has 1 unspecified atom stereocenters. The molecule has 0 saturated heterocycles. The van der Waals surface area contributed by atoms with Crippen LogP contribution in [0.25, 0.3) is 0 Å². The Morgan fingerprint density at radius 1 is 1.36 bits per heavy atom. The number of anilines is 1. The van der Waals surface area contributed by atoms with Crippen molar-refractivity contribution >= 4 is 11.6 Å². The average molecular weight is 304 g/mol. The van der Waals surface area contributed by atoms with Gasteiger partial charge < -0.3 is 15.8 Å². The van der Waals surface area contributed by atoms with Crippen molar-refractivity contribution in [2.24, 2.45) is 11.7 Å². The van der Waals surface area contributed by atoms with Crippen LogP contribution >= 0.6 is 0 Å². The number of benzene rings is 1. The molecule has 1 aliphatic carbocycles. The molecular weight excluding hydrogens is 276 g/mol. The summed E-state index contributed by atoms with van der Waals surface area (Å²) in [6, 6.07) is 5.27. The van der Waals surface area contributed by atoms with Gasteiger partial charge in [-0.25, -0.2) is 0 Å². The van der Waals surface area contributed by atoms with E-state index in [1.807, 2.05) is 32.0 Å². The topological polar surface area (TPSA) is 64.3 Å². The van der Waals surface area contributed by atoms with Gasteiger partial charge >= 0.3 is 0 Å². The molecule has 0 heterocycles. The van der Waals surface area contributed by atoms with Crippen LogP contribution in [-0.2, 0) is 4.79 Å².